The van der Waals surface area contributed by atoms with Crippen LogP contribution in [0.25, 0.3) is 0 Å². The zero-order chi connectivity index (χ0) is 15.5. The Morgan fingerprint density at radius 3 is 2.41 bits per heavy atom. The number of hydrogen-bond acceptors (Lipinski definition) is 2. The average molecular weight is 294 g/mol. The van der Waals surface area contributed by atoms with Gasteiger partial charge < -0.3 is 4.90 Å². The van der Waals surface area contributed by atoms with Crippen molar-refractivity contribution in [2.45, 2.75) is 13.0 Å². The number of carbonyl (C=O) groups is 1. The van der Waals surface area contributed by atoms with Gasteiger partial charge in [0.05, 0.1) is 6.04 Å². The van der Waals surface area contributed by atoms with Crippen molar-refractivity contribution in [3.8, 4) is 0 Å². The number of amides is 1. The van der Waals surface area contributed by atoms with Gasteiger partial charge in [-0.2, -0.15) is 0 Å². The standard InChI is InChI=1S/C19H22N2O/c1-15-8-6-7-11-17(15)19(22)21-13-12-20(2)18(14-21)16-9-4-3-5-10-16/h3-11,18H,12-14H2,1-2H3. The van der Waals surface area contributed by atoms with Crippen LogP contribution in [0.5, 0.6) is 0 Å². The number of rotatable bonds is 2. The van der Waals surface area contributed by atoms with Gasteiger partial charge in [-0.05, 0) is 31.2 Å². The highest BCUT2D eigenvalue weighted by atomic mass is 16.2. The van der Waals surface area contributed by atoms with Gasteiger partial charge in [0, 0.05) is 25.2 Å². The Kier molecular flexibility index (Phi) is 4.25. The predicted molar refractivity (Wildman–Crippen MR) is 88.9 cm³/mol. The molecule has 0 aromatic heterocycles. The smallest absolute Gasteiger partial charge is 0.254 e. The molecule has 1 aliphatic heterocycles. The van der Waals surface area contributed by atoms with E-state index in [-0.39, 0.29) is 11.9 Å². The molecule has 0 N–H and O–H groups in total. The first-order chi connectivity index (χ1) is 10.7. The molecule has 0 saturated carbocycles. The fraction of sp³-hybridized carbons (Fsp3) is 0.316. The van der Waals surface area contributed by atoms with E-state index in [1.165, 1.54) is 5.56 Å². The zero-order valence-corrected chi connectivity index (χ0v) is 13.2. The Labute approximate surface area is 132 Å². The molecule has 1 aliphatic rings. The summed E-state index contributed by atoms with van der Waals surface area (Å²) >= 11 is 0. The van der Waals surface area contributed by atoms with Crippen LogP contribution in [0.2, 0.25) is 0 Å². The van der Waals surface area contributed by atoms with Gasteiger partial charge in [-0.15, -0.1) is 0 Å². The molecule has 0 aliphatic carbocycles. The number of nitrogens with zero attached hydrogens (tertiary/aromatic N) is 2. The number of hydrogen-bond donors (Lipinski definition) is 0. The Morgan fingerprint density at radius 2 is 1.68 bits per heavy atom. The molecule has 0 bridgehead atoms. The molecule has 1 heterocycles. The highest BCUT2D eigenvalue weighted by Gasteiger charge is 2.29. The van der Waals surface area contributed by atoms with Gasteiger partial charge in [0.1, 0.15) is 0 Å². The van der Waals surface area contributed by atoms with E-state index in [0.717, 1.165) is 30.8 Å². The first kappa shape index (κ1) is 14.8. The van der Waals surface area contributed by atoms with E-state index in [1.54, 1.807) is 0 Å². The van der Waals surface area contributed by atoms with Gasteiger partial charge in [-0.1, -0.05) is 48.5 Å². The van der Waals surface area contributed by atoms with Gasteiger partial charge in [0.2, 0.25) is 0 Å². The Balaban J connectivity index is 1.81. The van der Waals surface area contributed by atoms with E-state index in [2.05, 4.69) is 36.2 Å². The Bertz CT molecular complexity index is 653. The second-order valence-corrected chi connectivity index (χ2v) is 5.97. The van der Waals surface area contributed by atoms with Crippen LogP contribution >= 0.6 is 0 Å². The summed E-state index contributed by atoms with van der Waals surface area (Å²) in [4.78, 5) is 17.1. The molecule has 1 fully saturated rings. The number of piperazine rings is 1. The highest BCUT2D eigenvalue weighted by Crippen LogP contribution is 2.25. The minimum atomic E-state index is 0.145. The molecular formula is C19H22N2O. The minimum absolute atomic E-state index is 0.145. The van der Waals surface area contributed by atoms with Crippen molar-refractivity contribution < 1.29 is 4.79 Å². The van der Waals surface area contributed by atoms with Crippen LogP contribution in [0.4, 0.5) is 0 Å². The molecule has 1 atom stereocenters. The number of benzene rings is 2. The fourth-order valence-electron chi connectivity index (χ4n) is 3.08. The Hall–Kier alpha value is -2.13. The van der Waals surface area contributed by atoms with Crippen molar-refractivity contribution in [1.29, 1.82) is 0 Å². The quantitative estimate of drug-likeness (QED) is 0.849. The van der Waals surface area contributed by atoms with Crippen molar-refractivity contribution in [3.05, 3.63) is 71.3 Å². The largest absolute Gasteiger partial charge is 0.335 e. The van der Waals surface area contributed by atoms with Crippen LogP contribution in [-0.4, -0.2) is 42.4 Å². The number of likely N-dealkylation sites (N-methyl/N-ethyl adjacent to an activating group) is 1. The molecule has 1 saturated heterocycles. The van der Waals surface area contributed by atoms with Gasteiger partial charge in [0.15, 0.2) is 0 Å². The molecule has 2 aromatic carbocycles. The van der Waals surface area contributed by atoms with Gasteiger partial charge >= 0.3 is 0 Å². The maximum absolute atomic E-state index is 12.8. The summed E-state index contributed by atoms with van der Waals surface area (Å²) in [7, 11) is 2.13. The lowest BCUT2D eigenvalue weighted by atomic mass is 10.0. The molecule has 3 heteroatoms. The third-order valence-electron chi connectivity index (χ3n) is 4.50. The van der Waals surface area contributed by atoms with Crippen LogP contribution in [0.3, 0.4) is 0 Å². The van der Waals surface area contributed by atoms with Crippen molar-refractivity contribution in [1.82, 2.24) is 9.80 Å². The predicted octanol–water partition coefficient (Wildman–Crippen LogP) is 3.12. The second-order valence-electron chi connectivity index (χ2n) is 5.97. The van der Waals surface area contributed by atoms with Crippen molar-refractivity contribution >= 4 is 5.91 Å². The Morgan fingerprint density at radius 1 is 1.00 bits per heavy atom. The van der Waals surface area contributed by atoms with Crippen LogP contribution in [-0.2, 0) is 0 Å². The zero-order valence-electron chi connectivity index (χ0n) is 13.2. The molecular weight excluding hydrogens is 272 g/mol. The molecule has 0 spiro atoms. The first-order valence-corrected chi connectivity index (χ1v) is 7.77. The maximum atomic E-state index is 12.8. The molecule has 3 nitrogen and oxygen atoms in total. The van der Waals surface area contributed by atoms with E-state index in [1.807, 2.05) is 42.2 Å². The van der Waals surface area contributed by atoms with E-state index >= 15 is 0 Å². The summed E-state index contributed by atoms with van der Waals surface area (Å²) in [6, 6.07) is 18.5. The maximum Gasteiger partial charge on any atom is 0.254 e. The number of aryl methyl sites for hydroxylation is 1. The summed E-state index contributed by atoms with van der Waals surface area (Å²) in [6.07, 6.45) is 0. The normalized spacial score (nSPS) is 19.2. The van der Waals surface area contributed by atoms with E-state index in [0.29, 0.717) is 0 Å². The van der Waals surface area contributed by atoms with E-state index in [4.69, 9.17) is 0 Å². The fourth-order valence-corrected chi connectivity index (χ4v) is 3.08. The summed E-state index contributed by atoms with van der Waals surface area (Å²) in [5, 5.41) is 0. The highest BCUT2D eigenvalue weighted by molar-refractivity contribution is 5.95. The van der Waals surface area contributed by atoms with Gasteiger partial charge in [0.25, 0.3) is 5.91 Å². The van der Waals surface area contributed by atoms with Crippen LogP contribution < -0.4 is 0 Å². The van der Waals surface area contributed by atoms with E-state index in [9.17, 15) is 4.79 Å². The van der Waals surface area contributed by atoms with Crippen molar-refractivity contribution in [2.75, 3.05) is 26.7 Å². The lowest BCUT2D eigenvalue weighted by molar-refractivity contribution is 0.0545. The molecule has 22 heavy (non-hydrogen) atoms. The third-order valence-corrected chi connectivity index (χ3v) is 4.50. The van der Waals surface area contributed by atoms with Gasteiger partial charge in [-0.3, -0.25) is 9.69 Å². The van der Waals surface area contributed by atoms with Crippen LogP contribution in [0.15, 0.2) is 54.6 Å². The summed E-state index contributed by atoms with van der Waals surface area (Å²) in [5.41, 5.74) is 3.13. The topological polar surface area (TPSA) is 23.6 Å². The second kappa shape index (κ2) is 6.32. The van der Waals surface area contributed by atoms with Gasteiger partial charge in [-0.25, -0.2) is 0 Å². The summed E-state index contributed by atoms with van der Waals surface area (Å²) < 4.78 is 0. The van der Waals surface area contributed by atoms with E-state index < -0.39 is 0 Å². The lowest BCUT2D eigenvalue weighted by Gasteiger charge is -2.40. The monoisotopic (exact) mass is 294 g/mol. The van der Waals surface area contributed by atoms with Crippen molar-refractivity contribution in [2.24, 2.45) is 0 Å². The summed E-state index contributed by atoms with van der Waals surface area (Å²) in [6.45, 7) is 4.43. The summed E-state index contributed by atoms with van der Waals surface area (Å²) in [5.74, 6) is 0.145. The van der Waals surface area contributed by atoms with Crippen LogP contribution in [0, 0.1) is 6.92 Å². The first-order valence-electron chi connectivity index (χ1n) is 7.77. The lowest BCUT2D eigenvalue weighted by Crippen LogP contribution is -2.49. The molecule has 1 unspecified atom stereocenters. The SMILES string of the molecule is Cc1ccccc1C(=O)N1CCN(C)C(c2ccccc2)C1. The molecule has 0 radical (unpaired) electrons. The number of carbonyl (C=O) groups excluding carboxylic acids is 1. The van der Waals surface area contributed by atoms with Crippen molar-refractivity contribution in [3.63, 3.8) is 0 Å². The molecule has 1 amide bonds. The minimum Gasteiger partial charge on any atom is -0.335 e. The molecule has 3 rings (SSSR count). The van der Waals surface area contributed by atoms with Crippen LogP contribution in [0.1, 0.15) is 27.5 Å². The third kappa shape index (κ3) is 2.90. The molecule has 2 aromatic rings. The molecule has 114 valence electrons. The average Bonchev–Trinajstić information content (AvgIpc) is 2.56.